The van der Waals surface area contributed by atoms with Gasteiger partial charge in [-0.15, -0.1) is 0 Å². The molecule has 0 unspecified atom stereocenters. The van der Waals surface area contributed by atoms with Crippen molar-refractivity contribution in [2.75, 3.05) is 26.3 Å². The Labute approximate surface area is 65.3 Å². The van der Waals surface area contributed by atoms with Crippen LogP contribution in [0.4, 0.5) is 0 Å². The first-order valence-electron chi connectivity index (χ1n) is 3.43. The number of rotatable bonds is 0. The molecule has 1 saturated heterocycles. The normalized spacial score (nSPS) is 16.9. The lowest BCUT2D eigenvalue weighted by Gasteiger charge is -2.22. The first-order chi connectivity index (χ1) is 5.29. The second-order valence-corrected chi connectivity index (χ2v) is 2.20. The third kappa shape index (κ3) is 2.92. The topological polar surface area (TPSA) is 55.6 Å². The highest BCUT2D eigenvalue weighted by atomic mass is 16.5. The fourth-order valence-electron chi connectivity index (χ4n) is 0.809. The predicted octanol–water partition coefficient (Wildman–Crippen LogP) is -1.24. The van der Waals surface area contributed by atoms with Crippen molar-refractivity contribution in [3.8, 4) is 12.0 Å². The van der Waals surface area contributed by atoms with Gasteiger partial charge in [-0.2, -0.15) is 0 Å². The number of nitrogens with two attached hydrogens (primary N) is 1. The molecule has 0 aromatic heterocycles. The predicted molar refractivity (Wildman–Crippen MR) is 39.4 cm³/mol. The van der Waals surface area contributed by atoms with Gasteiger partial charge in [-0.25, -0.2) is 0 Å². The van der Waals surface area contributed by atoms with Gasteiger partial charge in [0.25, 0.3) is 5.91 Å². The molecule has 0 radical (unpaired) electrons. The highest BCUT2D eigenvalue weighted by Crippen LogP contribution is 1.92. The van der Waals surface area contributed by atoms with Crippen molar-refractivity contribution in [2.45, 2.75) is 0 Å². The monoisotopic (exact) mass is 154 g/mol. The maximum atomic E-state index is 10.2. The van der Waals surface area contributed by atoms with Crippen molar-refractivity contribution in [2.24, 2.45) is 5.73 Å². The van der Waals surface area contributed by atoms with Gasteiger partial charge in [-0.3, -0.25) is 4.79 Å². The van der Waals surface area contributed by atoms with E-state index < -0.39 is 5.91 Å². The number of carbonyl (C=O) groups excluding carboxylic acids is 1. The standard InChI is InChI=1S/C7H10N2O2/c8-7(10)1-2-9-3-5-11-6-4-9/h3-6H2,(H2,8,10). The summed E-state index contributed by atoms with van der Waals surface area (Å²) in [6.07, 6.45) is 0. The van der Waals surface area contributed by atoms with Crippen molar-refractivity contribution >= 4 is 5.91 Å². The molecule has 1 heterocycles. The summed E-state index contributed by atoms with van der Waals surface area (Å²) in [5.41, 5.74) is 4.84. The van der Waals surface area contributed by atoms with E-state index in [0.717, 1.165) is 13.1 Å². The SMILES string of the molecule is NC(=O)C#CN1CCOCC1. The van der Waals surface area contributed by atoms with Gasteiger partial charge in [0.15, 0.2) is 0 Å². The maximum Gasteiger partial charge on any atom is 0.295 e. The van der Waals surface area contributed by atoms with Crippen molar-refractivity contribution < 1.29 is 9.53 Å². The summed E-state index contributed by atoms with van der Waals surface area (Å²) in [7, 11) is 0. The number of ether oxygens (including phenoxy) is 1. The molecular weight excluding hydrogens is 144 g/mol. The fourth-order valence-corrected chi connectivity index (χ4v) is 0.809. The zero-order chi connectivity index (χ0) is 8.10. The van der Waals surface area contributed by atoms with Crippen LogP contribution in [0.3, 0.4) is 0 Å². The van der Waals surface area contributed by atoms with Crippen LogP contribution in [0.1, 0.15) is 0 Å². The molecule has 1 aliphatic rings. The van der Waals surface area contributed by atoms with Gasteiger partial charge in [-0.05, 0) is 0 Å². The molecule has 0 saturated carbocycles. The molecule has 0 aromatic rings. The molecule has 0 aromatic carbocycles. The summed E-state index contributed by atoms with van der Waals surface area (Å²) in [6.45, 7) is 2.85. The van der Waals surface area contributed by atoms with E-state index in [-0.39, 0.29) is 0 Å². The molecule has 4 heteroatoms. The Kier molecular flexibility index (Phi) is 2.75. The number of morpholine rings is 1. The van der Waals surface area contributed by atoms with Gasteiger partial charge >= 0.3 is 0 Å². The first-order valence-corrected chi connectivity index (χ1v) is 3.43. The number of carbonyl (C=O) groups is 1. The molecule has 11 heavy (non-hydrogen) atoms. The van der Waals surface area contributed by atoms with Gasteiger partial charge in [0.1, 0.15) is 0 Å². The number of hydrogen-bond acceptors (Lipinski definition) is 3. The zero-order valence-electron chi connectivity index (χ0n) is 6.17. The van der Waals surface area contributed by atoms with Crippen molar-refractivity contribution in [3.63, 3.8) is 0 Å². The third-order valence-corrected chi connectivity index (χ3v) is 1.35. The van der Waals surface area contributed by atoms with Crippen LogP contribution in [-0.2, 0) is 9.53 Å². The largest absolute Gasteiger partial charge is 0.378 e. The quantitative estimate of drug-likeness (QED) is 0.444. The van der Waals surface area contributed by atoms with Gasteiger partial charge in [-0.1, -0.05) is 0 Å². The minimum atomic E-state index is -0.587. The van der Waals surface area contributed by atoms with Crippen LogP contribution >= 0.6 is 0 Å². The average Bonchev–Trinajstić information content (AvgIpc) is 2.03. The lowest BCUT2D eigenvalue weighted by molar-refractivity contribution is -0.112. The molecule has 60 valence electrons. The van der Waals surface area contributed by atoms with Crippen molar-refractivity contribution in [1.29, 1.82) is 0 Å². The second-order valence-electron chi connectivity index (χ2n) is 2.20. The van der Waals surface area contributed by atoms with E-state index in [9.17, 15) is 4.79 Å². The summed E-state index contributed by atoms with van der Waals surface area (Å²) in [4.78, 5) is 12.1. The Morgan fingerprint density at radius 3 is 2.64 bits per heavy atom. The van der Waals surface area contributed by atoms with Crippen molar-refractivity contribution in [3.05, 3.63) is 0 Å². The summed E-state index contributed by atoms with van der Waals surface area (Å²) in [5, 5.41) is 0. The highest BCUT2D eigenvalue weighted by Gasteiger charge is 2.05. The molecule has 1 rings (SSSR count). The van der Waals surface area contributed by atoms with Gasteiger partial charge in [0, 0.05) is 25.1 Å². The van der Waals surface area contributed by atoms with Crippen LogP contribution in [0, 0.1) is 12.0 Å². The van der Waals surface area contributed by atoms with E-state index in [1.165, 1.54) is 0 Å². The minimum Gasteiger partial charge on any atom is -0.378 e. The van der Waals surface area contributed by atoms with Gasteiger partial charge in [0.2, 0.25) is 0 Å². The Morgan fingerprint density at radius 2 is 2.09 bits per heavy atom. The van der Waals surface area contributed by atoms with E-state index in [4.69, 9.17) is 10.5 Å². The smallest absolute Gasteiger partial charge is 0.295 e. The van der Waals surface area contributed by atoms with E-state index >= 15 is 0 Å². The van der Waals surface area contributed by atoms with E-state index in [1.807, 2.05) is 4.90 Å². The zero-order valence-corrected chi connectivity index (χ0v) is 6.17. The van der Waals surface area contributed by atoms with Crippen LogP contribution in [0.25, 0.3) is 0 Å². The number of primary amides is 1. The van der Waals surface area contributed by atoms with Crippen LogP contribution in [0.5, 0.6) is 0 Å². The Bertz CT molecular complexity index is 198. The highest BCUT2D eigenvalue weighted by molar-refractivity contribution is 5.91. The van der Waals surface area contributed by atoms with Crippen LogP contribution in [0.2, 0.25) is 0 Å². The van der Waals surface area contributed by atoms with Crippen molar-refractivity contribution in [1.82, 2.24) is 4.90 Å². The van der Waals surface area contributed by atoms with E-state index in [2.05, 4.69) is 12.0 Å². The number of hydrogen-bond donors (Lipinski definition) is 1. The maximum absolute atomic E-state index is 10.2. The summed E-state index contributed by atoms with van der Waals surface area (Å²) < 4.78 is 5.08. The fraction of sp³-hybridized carbons (Fsp3) is 0.571. The molecule has 4 nitrogen and oxygen atoms in total. The first kappa shape index (κ1) is 7.89. The molecular formula is C7H10N2O2. The van der Waals surface area contributed by atoms with Crippen LogP contribution < -0.4 is 5.73 Å². The lowest BCUT2D eigenvalue weighted by Crippen LogP contribution is -2.32. The molecule has 1 fully saturated rings. The second kappa shape index (κ2) is 3.84. The van der Waals surface area contributed by atoms with Gasteiger partial charge in [0.05, 0.1) is 13.2 Å². The number of amides is 1. The lowest BCUT2D eigenvalue weighted by atomic mass is 10.4. The van der Waals surface area contributed by atoms with Gasteiger partial charge < -0.3 is 15.4 Å². The average molecular weight is 154 g/mol. The number of nitrogens with zero attached hydrogens (tertiary/aromatic N) is 1. The Morgan fingerprint density at radius 1 is 1.45 bits per heavy atom. The molecule has 0 atom stereocenters. The van der Waals surface area contributed by atoms with Crippen LogP contribution in [0.15, 0.2) is 0 Å². The van der Waals surface area contributed by atoms with E-state index in [0.29, 0.717) is 13.2 Å². The molecule has 0 spiro atoms. The van der Waals surface area contributed by atoms with Crippen LogP contribution in [-0.4, -0.2) is 37.1 Å². The summed E-state index contributed by atoms with van der Waals surface area (Å²) >= 11 is 0. The molecule has 2 N–H and O–H groups in total. The summed E-state index contributed by atoms with van der Waals surface area (Å²) in [6, 6.07) is 2.65. The van der Waals surface area contributed by atoms with E-state index in [1.54, 1.807) is 0 Å². The molecule has 1 aliphatic heterocycles. The Balaban J connectivity index is 2.36. The molecule has 0 aliphatic carbocycles. The molecule has 0 bridgehead atoms. The summed E-state index contributed by atoms with van der Waals surface area (Å²) in [5.74, 6) is 1.69. The molecule has 1 amide bonds. The minimum absolute atomic E-state index is 0.587. The Hall–Kier alpha value is -1.21. The third-order valence-electron chi connectivity index (χ3n) is 1.35.